The fraction of sp³-hybridized carbons (Fsp3) is 1.00. The third kappa shape index (κ3) is 0.980. The first-order valence-corrected chi connectivity index (χ1v) is 4.62. The SMILES string of the molecule is [2H][C@@]1(C)CCC2(CCCC2)C1. The van der Waals surface area contributed by atoms with Crippen LogP contribution in [0.15, 0.2) is 0 Å². The van der Waals surface area contributed by atoms with Crippen LogP contribution in [0.4, 0.5) is 0 Å². The van der Waals surface area contributed by atoms with E-state index in [2.05, 4.69) is 6.92 Å². The highest BCUT2D eigenvalue weighted by molar-refractivity contribution is 4.90. The van der Waals surface area contributed by atoms with E-state index in [0.717, 1.165) is 6.42 Å². The molecular formula is C10H18. The molecule has 0 aromatic heterocycles. The number of rotatable bonds is 0. The molecule has 2 aliphatic carbocycles. The van der Waals surface area contributed by atoms with Crippen LogP contribution in [-0.4, -0.2) is 0 Å². The molecule has 2 rings (SSSR count). The minimum Gasteiger partial charge on any atom is -0.0625 e. The van der Waals surface area contributed by atoms with Gasteiger partial charge >= 0.3 is 0 Å². The minimum atomic E-state index is -0.0790. The molecule has 0 unspecified atom stereocenters. The second kappa shape index (κ2) is 2.25. The summed E-state index contributed by atoms with van der Waals surface area (Å²) in [5.41, 5.74) is 0.635. The van der Waals surface area contributed by atoms with Crippen molar-refractivity contribution in [2.45, 2.75) is 51.9 Å². The van der Waals surface area contributed by atoms with Gasteiger partial charge in [0.25, 0.3) is 0 Å². The molecule has 0 aromatic carbocycles. The molecule has 0 nitrogen and oxygen atoms in total. The van der Waals surface area contributed by atoms with Crippen LogP contribution in [0.3, 0.4) is 0 Å². The van der Waals surface area contributed by atoms with Gasteiger partial charge in [-0.15, -0.1) is 0 Å². The molecule has 0 bridgehead atoms. The number of hydrogen-bond acceptors (Lipinski definition) is 0. The Hall–Kier alpha value is 0. The molecule has 58 valence electrons. The van der Waals surface area contributed by atoms with E-state index >= 15 is 0 Å². The van der Waals surface area contributed by atoms with Crippen LogP contribution in [0.1, 0.15) is 53.2 Å². The summed E-state index contributed by atoms with van der Waals surface area (Å²) in [4.78, 5) is 0. The van der Waals surface area contributed by atoms with Crippen molar-refractivity contribution in [3.63, 3.8) is 0 Å². The summed E-state index contributed by atoms with van der Waals surface area (Å²) in [5, 5.41) is 0. The Morgan fingerprint density at radius 3 is 2.50 bits per heavy atom. The first kappa shape index (κ1) is 5.62. The molecule has 0 aliphatic heterocycles. The molecule has 1 atom stereocenters. The number of hydrogen-bond donors (Lipinski definition) is 0. The lowest BCUT2D eigenvalue weighted by Gasteiger charge is -2.21. The second-order valence-corrected chi connectivity index (χ2v) is 4.34. The van der Waals surface area contributed by atoms with Gasteiger partial charge in [0.05, 0.1) is 0 Å². The van der Waals surface area contributed by atoms with Crippen LogP contribution in [0.5, 0.6) is 0 Å². The van der Waals surface area contributed by atoms with Crippen LogP contribution in [-0.2, 0) is 0 Å². The molecule has 2 saturated carbocycles. The molecule has 2 fully saturated rings. The van der Waals surface area contributed by atoms with E-state index in [0.29, 0.717) is 5.41 Å². The van der Waals surface area contributed by atoms with Crippen molar-refractivity contribution in [1.82, 2.24) is 0 Å². The summed E-state index contributed by atoms with van der Waals surface area (Å²) in [6.45, 7) is 2.11. The summed E-state index contributed by atoms with van der Waals surface area (Å²) in [5.74, 6) is -0.0790. The van der Waals surface area contributed by atoms with Crippen molar-refractivity contribution >= 4 is 0 Å². The van der Waals surface area contributed by atoms with Crippen LogP contribution < -0.4 is 0 Å². The standard InChI is InChI=1S/C10H18/c1-9-4-7-10(8-9)5-2-3-6-10/h9H,2-8H2,1H3/t9-/m1/s1/i9D. The lowest BCUT2D eigenvalue weighted by molar-refractivity contribution is 0.298. The van der Waals surface area contributed by atoms with Crippen molar-refractivity contribution in [3.8, 4) is 0 Å². The van der Waals surface area contributed by atoms with Gasteiger partial charge in [0.1, 0.15) is 0 Å². The Morgan fingerprint density at radius 2 is 2.00 bits per heavy atom. The third-order valence-corrected chi connectivity index (χ3v) is 3.42. The summed E-state index contributed by atoms with van der Waals surface area (Å²) in [6, 6.07) is 0. The van der Waals surface area contributed by atoms with Crippen molar-refractivity contribution in [3.05, 3.63) is 0 Å². The smallest absolute Gasteiger partial charge is 0.0300 e. The maximum Gasteiger partial charge on any atom is 0.0300 e. The van der Waals surface area contributed by atoms with Gasteiger partial charge in [-0.25, -0.2) is 0 Å². The molecular weight excluding hydrogens is 120 g/mol. The van der Waals surface area contributed by atoms with Gasteiger partial charge in [-0.1, -0.05) is 26.2 Å². The van der Waals surface area contributed by atoms with Crippen molar-refractivity contribution in [1.29, 1.82) is 0 Å². The summed E-state index contributed by atoms with van der Waals surface area (Å²) >= 11 is 0. The third-order valence-electron chi connectivity index (χ3n) is 3.42. The van der Waals surface area contributed by atoms with Gasteiger partial charge in [0.2, 0.25) is 0 Å². The first-order valence-electron chi connectivity index (χ1n) is 5.12. The van der Waals surface area contributed by atoms with Crippen molar-refractivity contribution in [2.75, 3.05) is 0 Å². The topological polar surface area (TPSA) is 0 Å². The predicted molar refractivity (Wildman–Crippen MR) is 43.9 cm³/mol. The average Bonchev–Trinajstić information content (AvgIpc) is 2.43. The normalized spacial score (nSPS) is 46.3. The zero-order valence-corrected chi connectivity index (χ0v) is 6.95. The van der Waals surface area contributed by atoms with Gasteiger partial charge in [-0.2, -0.15) is 0 Å². The average molecular weight is 139 g/mol. The van der Waals surface area contributed by atoms with Crippen LogP contribution >= 0.6 is 0 Å². The molecule has 0 aromatic rings. The van der Waals surface area contributed by atoms with E-state index in [9.17, 15) is 0 Å². The monoisotopic (exact) mass is 139 g/mol. The maximum absolute atomic E-state index is 7.98. The van der Waals surface area contributed by atoms with Gasteiger partial charge in [-0.05, 0) is 37.0 Å². The molecule has 0 amide bonds. The predicted octanol–water partition coefficient (Wildman–Crippen LogP) is 3.37. The van der Waals surface area contributed by atoms with E-state index in [1.54, 1.807) is 0 Å². The van der Waals surface area contributed by atoms with E-state index in [1.807, 2.05) is 0 Å². The second-order valence-electron chi connectivity index (χ2n) is 4.34. The van der Waals surface area contributed by atoms with E-state index < -0.39 is 0 Å². The largest absolute Gasteiger partial charge is 0.0625 e. The Morgan fingerprint density at radius 1 is 1.30 bits per heavy atom. The lowest BCUT2D eigenvalue weighted by Crippen LogP contribution is -2.10. The van der Waals surface area contributed by atoms with Crippen molar-refractivity contribution < 1.29 is 1.37 Å². The van der Waals surface area contributed by atoms with Gasteiger partial charge in [-0.3, -0.25) is 0 Å². The minimum absolute atomic E-state index is 0.0790. The molecule has 1 spiro atoms. The van der Waals surface area contributed by atoms with Gasteiger partial charge < -0.3 is 0 Å². The first-order chi connectivity index (χ1) is 5.12. The van der Waals surface area contributed by atoms with Gasteiger partial charge in [0, 0.05) is 1.37 Å². The Labute approximate surface area is 65.4 Å². The molecule has 0 heterocycles. The van der Waals surface area contributed by atoms with Gasteiger partial charge in [0.15, 0.2) is 0 Å². The molecule has 0 heteroatoms. The molecule has 2 aliphatic rings. The highest BCUT2D eigenvalue weighted by atomic mass is 14.4. The quantitative estimate of drug-likeness (QED) is 0.482. The van der Waals surface area contributed by atoms with Crippen LogP contribution in [0.2, 0.25) is 0 Å². The fourth-order valence-electron chi connectivity index (χ4n) is 2.85. The Kier molecular flexibility index (Phi) is 1.27. The summed E-state index contributed by atoms with van der Waals surface area (Å²) < 4.78 is 7.98. The van der Waals surface area contributed by atoms with E-state index in [1.165, 1.54) is 38.5 Å². The molecule has 0 radical (unpaired) electrons. The molecule has 0 N–H and O–H groups in total. The maximum atomic E-state index is 7.98. The van der Waals surface area contributed by atoms with E-state index in [-0.39, 0.29) is 5.89 Å². The highest BCUT2D eigenvalue weighted by Crippen LogP contribution is 2.52. The molecule has 10 heavy (non-hydrogen) atoms. The molecule has 0 saturated heterocycles. The summed E-state index contributed by atoms with van der Waals surface area (Å²) in [7, 11) is 0. The van der Waals surface area contributed by atoms with E-state index in [4.69, 9.17) is 1.37 Å². The summed E-state index contributed by atoms with van der Waals surface area (Å²) in [6.07, 6.45) is 9.36. The lowest BCUT2D eigenvalue weighted by atomic mass is 9.84. The van der Waals surface area contributed by atoms with Crippen molar-refractivity contribution in [2.24, 2.45) is 11.3 Å². The van der Waals surface area contributed by atoms with Crippen LogP contribution in [0.25, 0.3) is 0 Å². The van der Waals surface area contributed by atoms with Crippen LogP contribution in [0, 0.1) is 11.3 Å². The fourth-order valence-corrected chi connectivity index (χ4v) is 2.85. The highest BCUT2D eigenvalue weighted by Gasteiger charge is 2.39. The zero-order valence-electron chi connectivity index (χ0n) is 7.95. The zero-order chi connectivity index (χ0) is 7.95. The Balaban J connectivity index is 2.07. The Bertz CT molecular complexity index is 154.